The van der Waals surface area contributed by atoms with Gasteiger partial charge in [0.2, 0.25) is 0 Å². The minimum atomic E-state index is 0.955. The van der Waals surface area contributed by atoms with Gasteiger partial charge in [-0.3, -0.25) is 4.99 Å². The lowest BCUT2D eigenvalue weighted by Crippen LogP contribution is -1.69. The first-order chi connectivity index (χ1) is 4.16. The van der Waals surface area contributed by atoms with E-state index in [9.17, 15) is 0 Å². The highest BCUT2D eigenvalue weighted by Gasteiger charge is 1.75. The molecule has 0 aromatic rings. The first-order valence-corrected chi connectivity index (χ1v) is 2.95. The molecule has 0 aliphatic rings. The van der Waals surface area contributed by atoms with Gasteiger partial charge in [-0.2, -0.15) is 0 Å². The lowest BCUT2D eigenvalue weighted by Gasteiger charge is -1.85. The van der Waals surface area contributed by atoms with Gasteiger partial charge in [-0.1, -0.05) is 13.0 Å². The van der Waals surface area contributed by atoms with Gasteiger partial charge in [0.05, 0.1) is 0 Å². The molecule has 9 heavy (non-hydrogen) atoms. The van der Waals surface area contributed by atoms with Crippen LogP contribution in [0, 0.1) is 0 Å². The zero-order chi connectivity index (χ0) is 7.28. The van der Waals surface area contributed by atoms with Crippen LogP contribution in [0.3, 0.4) is 0 Å². The van der Waals surface area contributed by atoms with Crippen molar-refractivity contribution in [3.63, 3.8) is 0 Å². The zero-order valence-corrected chi connectivity index (χ0v) is 6.31. The van der Waals surface area contributed by atoms with Crippen LogP contribution < -0.4 is 0 Å². The molecule has 0 aromatic heterocycles. The molecule has 48 valence electrons. The molecule has 0 N–H and O–H groups in total. The van der Waals surface area contributed by atoms with Gasteiger partial charge in [0, 0.05) is 5.70 Å². The lowest BCUT2D eigenvalue weighted by molar-refractivity contribution is 1.32. The topological polar surface area (TPSA) is 12.4 Å². The van der Waals surface area contributed by atoms with Crippen LogP contribution in [0.15, 0.2) is 28.3 Å². The summed E-state index contributed by atoms with van der Waals surface area (Å²) in [4.78, 5) is 3.73. The zero-order valence-electron chi connectivity index (χ0n) is 6.31. The molecule has 0 aromatic carbocycles. The van der Waals surface area contributed by atoms with E-state index in [1.54, 1.807) is 0 Å². The van der Waals surface area contributed by atoms with Crippen molar-refractivity contribution in [1.82, 2.24) is 0 Å². The number of hydrogen-bond acceptors (Lipinski definition) is 1. The minimum absolute atomic E-state index is 0.955. The van der Waals surface area contributed by atoms with Crippen molar-refractivity contribution in [2.75, 3.05) is 0 Å². The van der Waals surface area contributed by atoms with E-state index in [4.69, 9.17) is 0 Å². The van der Waals surface area contributed by atoms with Gasteiger partial charge < -0.3 is 0 Å². The van der Waals surface area contributed by atoms with E-state index in [2.05, 4.69) is 11.7 Å². The molecule has 0 heterocycles. The fraction of sp³-hybridized carbons (Fsp3) is 0.286. The molecular formula is C7H12BN. The molecule has 0 radical (unpaired) electrons. The lowest BCUT2D eigenvalue weighted by atomic mass is 9.98. The smallest absolute Gasteiger partial charge is 0.133 e. The molecule has 0 amide bonds. The fourth-order valence-corrected chi connectivity index (χ4v) is 0.340. The Bertz CT molecular complexity index is 152. The number of allylic oxidation sites excluding steroid dienone is 4. The van der Waals surface area contributed by atoms with E-state index >= 15 is 0 Å². The Morgan fingerprint density at radius 1 is 1.44 bits per heavy atom. The molecule has 2 heteroatoms. The fourth-order valence-electron chi connectivity index (χ4n) is 0.340. The normalized spacial score (nSPS) is 13.6. The average molecular weight is 121 g/mol. The number of rotatable bonds is 2. The van der Waals surface area contributed by atoms with Gasteiger partial charge in [0.15, 0.2) is 0 Å². The third-order valence-corrected chi connectivity index (χ3v) is 0.907. The molecule has 0 aliphatic carbocycles. The summed E-state index contributed by atoms with van der Waals surface area (Å²) in [6.45, 7) is 7.36. The Labute approximate surface area is 57.6 Å². The van der Waals surface area contributed by atoms with Crippen molar-refractivity contribution >= 4 is 14.6 Å². The quantitative estimate of drug-likeness (QED) is 0.295. The van der Waals surface area contributed by atoms with E-state index in [0.717, 1.165) is 5.70 Å². The highest BCUT2D eigenvalue weighted by atomic mass is 14.7. The highest BCUT2D eigenvalue weighted by Crippen LogP contribution is 1.94. The maximum absolute atomic E-state index is 3.73. The summed E-state index contributed by atoms with van der Waals surface area (Å²) in [5.74, 6) is 0. The molecule has 0 saturated heterocycles. The van der Waals surface area contributed by atoms with Gasteiger partial charge in [0.25, 0.3) is 0 Å². The average Bonchev–Trinajstić information content (AvgIpc) is 1.83. The summed E-state index contributed by atoms with van der Waals surface area (Å²) >= 11 is 0. The standard InChI is InChI=1S/C7H12BN/c1-6(8)4-5-7(2)9-3/h4-5H,3,8H2,1-2H3/b6-4+,7-5-. The molecule has 0 atom stereocenters. The molecule has 0 unspecified atom stereocenters. The predicted molar refractivity (Wildman–Crippen MR) is 45.6 cm³/mol. The summed E-state index contributed by atoms with van der Waals surface area (Å²) < 4.78 is 0. The van der Waals surface area contributed by atoms with Crippen LogP contribution >= 0.6 is 0 Å². The number of aliphatic imine (C=N–C) groups is 1. The summed E-state index contributed by atoms with van der Waals surface area (Å²) in [7, 11) is 2.05. The van der Waals surface area contributed by atoms with E-state index in [1.165, 1.54) is 5.47 Å². The van der Waals surface area contributed by atoms with Gasteiger partial charge in [-0.05, 0) is 19.7 Å². The van der Waals surface area contributed by atoms with Crippen molar-refractivity contribution in [1.29, 1.82) is 0 Å². The molecule has 0 spiro atoms. The molecule has 1 nitrogen and oxygen atoms in total. The second kappa shape index (κ2) is 4.13. The second-order valence-corrected chi connectivity index (χ2v) is 2.21. The van der Waals surface area contributed by atoms with E-state index < -0.39 is 0 Å². The van der Waals surface area contributed by atoms with Crippen molar-refractivity contribution in [2.45, 2.75) is 13.8 Å². The van der Waals surface area contributed by atoms with Crippen molar-refractivity contribution in [3.05, 3.63) is 23.3 Å². The summed E-state index contributed by atoms with van der Waals surface area (Å²) in [5, 5.41) is 0. The van der Waals surface area contributed by atoms with Crippen LogP contribution in [0.2, 0.25) is 0 Å². The van der Waals surface area contributed by atoms with Crippen molar-refractivity contribution in [3.8, 4) is 0 Å². The van der Waals surface area contributed by atoms with Crippen LogP contribution in [0.25, 0.3) is 0 Å². The molecular weight excluding hydrogens is 109 g/mol. The number of hydrogen-bond donors (Lipinski definition) is 0. The molecule has 0 fully saturated rings. The predicted octanol–water partition coefficient (Wildman–Crippen LogP) is 1.13. The van der Waals surface area contributed by atoms with Gasteiger partial charge in [0.1, 0.15) is 7.85 Å². The number of nitrogens with zero attached hydrogens (tertiary/aromatic N) is 1. The maximum Gasteiger partial charge on any atom is 0.133 e. The first kappa shape index (κ1) is 8.21. The SMILES string of the molecule is B/C(C)=C/C=C(/C)N=C. The highest BCUT2D eigenvalue weighted by molar-refractivity contribution is 6.21. The monoisotopic (exact) mass is 121 g/mol. The first-order valence-electron chi connectivity index (χ1n) is 2.95. The van der Waals surface area contributed by atoms with E-state index in [-0.39, 0.29) is 0 Å². The van der Waals surface area contributed by atoms with Crippen LogP contribution in [-0.2, 0) is 0 Å². The Morgan fingerprint density at radius 2 is 2.00 bits per heavy atom. The Kier molecular flexibility index (Phi) is 3.77. The van der Waals surface area contributed by atoms with Crippen LogP contribution in [-0.4, -0.2) is 14.6 Å². The Hall–Kier alpha value is -0.785. The second-order valence-electron chi connectivity index (χ2n) is 2.21. The van der Waals surface area contributed by atoms with E-state index in [1.807, 2.05) is 33.8 Å². The third kappa shape index (κ3) is 5.08. The maximum atomic E-state index is 3.73. The largest absolute Gasteiger partial charge is 0.269 e. The van der Waals surface area contributed by atoms with Crippen LogP contribution in [0.4, 0.5) is 0 Å². The summed E-state index contributed by atoms with van der Waals surface area (Å²) in [5.41, 5.74) is 2.23. The van der Waals surface area contributed by atoms with E-state index in [0.29, 0.717) is 0 Å². The van der Waals surface area contributed by atoms with Crippen LogP contribution in [0.1, 0.15) is 13.8 Å². The Balaban J connectivity index is 3.98. The minimum Gasteiger partial charge on any atom is -0.269 e. The van der Waals surface area contributed by atoms with Gasteiger partial charge >= 0.3 is 0 Å². The van der Waals surface area contributed by atoms with Gasteiger partial charge in [-0.25, -0.2) is 0 Å². The summed E-state index contributed by atoms with van der Waals surface area (Å²) in [6.07, 6.45) is 3.96. The molecule has 0 aliphatic heterocycles. The van der Waals surface area contributed by atoms with Crippen molar-refractivity contribution < 1.29 is 0 Å². The molecule has 0 saturated carbocycles. The summed E-state index contributed by atoms with van der Waals surface area (Å²) in [6, 6.07) is 0. The molecule has 0 rings (SSSR count). The third-order valence-electron chi connectivity index (χ3n) is 0.907. The van der Waals surface area contributed by atoms with Crippen molar-refractivity contribution in [2.24, 2.45) is 4.99 Å². The molecule has 0 bridgehead atoms. The van der Waals surface area contributed by atoms with Gasteiger partial charge in [-0.15, -0.1) is 5.47 Å². The van der Waals surface area contributed by atoms with Crippen LogP contribution in [0.5, 0.6) is 0 Å². The Morgan fingerprint density at radius 3 is 2.33 bits per heavy atom.